The number of carbonyl (C=O) groups is 1. The number of carbonyl (C=O) groups excluding carboxylic acids is 1. The van der Waals surface area contributed by atoms with Gasteiger partial charge >= 0.3 is 0 Å². The lowest BCUT2D eigenvalue weighted by Crippen LogP contribution is -2.65. The Morgan fingerprint density at radius 2 is 1.80 bits per heavy atom. The number of nitrogens with zero attached hydrogens (tertiary/aromatic N) is 1. The minimum absolute atomic E-state index is 0. The van der Waals surface area contributed by atoms with Crippen LogP contribution < -0.4 is 16.0 Å². The summed E-state index contributed by atoms with van der Waals surface area (Å²) in [4.78, 5) is 15.9. The Kier molecular flexibility index (Phi) is 9.48. The number of halogens is 1. The van der Waals surface area contributed by atoms with Gasteiger partial charge < -0.3 is 20.7 Å². The zero-order valence-corrected chi connectivity index (χ0v) is 18.4. The molecular formula is C18H35IN4O2. The van der Waals surface area contributed by atoms with Crippen molar-refractivity contribution in [3.05, 3.63) is 0 Å². The number of aliphatic imine (C=N–C) groups is 1. The van der Waals surface area contributed by atoms with E-state index in [0.717, 1.165) is 44.7 Å². The topological polar surface area (TPSA) is 74.8 Å². The summed E-state index contributed by atoms with van der Waals surface area (Å²) < 4.78 is 5.93. The van der Waals surface area contributed by atoms with E-state index in [4.69, 9.17) is 4.74 Å². The zero-order valence-electron chi connectivity index (χ0n) is 16.1. The van der Waals surface area contributed by atoms with Crippen LogP contribution in [-0.4, -0.2) is 50.8 Å². The number of amides is 1. The van der Waals surface area contributed by atoms with Gasteiger partial charge in [0.05, 0.1) is 6.10 Å². The lowest BCUT2D eigenvalue weighted by atomic mass is 9.58. The molecule has 2 unspecified atom stereocenters. The highest BCUT2D eigenvalue weighted by atomic mass is 127. The third-order valence-corrected chi connectivity index (χ3v) is 5.67. The first kappa shape index (κ1) is 22.5. The summed E-state index contributed by atoms with van der Waals surface area (Å²) in [5, 5.41) is 9.82. The maximum atomic E-state index is 11.6. The van der Waals surface area contributed by atoms with Crippen molar-refractivity contribution in [3.63, 3.8) is 0 Å². The van der Waals surface area contributed by atoms with Gasteiger partial charge in [-0.25, -0.2) is 0 Å². The SMILES string of the molecule is CCOC1CC(NC(=NC)NCCNC(=O)C2CC2)C1(CC)CC.I. The molecule has 146 valence electrons. The van der Waals surface area contributed by atoms with Gasteiger partial charge in [-0.15, -0.1) is 24.0 Å². The second kappa shape index (κ2) is 10.5. The first-order chi connectivity index (χ1) is 11.6. The van der Waals surface area contributed by atoms with Crippen LogP contribution >= 0.6 is 24.0 Å². The van der Waals surface area contributed by atoms with Gasteiger partial charge in [0.1, 0.15) is 0 Å². The van der Waals surface area contributed by atoms with Crippen molar-refractivity contribution in [2.24, 2.45) is 16.3 Å². The van der Waals surface area contributed by atoms with Gasteiger partial charge in [0.25, 0.3) is 0 Å². The van der Waals surface area contributed by atoms with Gasteiger partial charge in [-0.2, -0.15) is 0 Å². The summed E-state index contributed by atoms with van der Waals surface area (Å²) in [7, 11) is 1.79. The highest BCUT2D eigenvalue weighted by Crippen LogP contribution is 2.48. The quantitative estimate of drug-likeness (QED) is 0.211. The molecule has 0 heterocycles. The summed E-state index contributed by atoms with van der Waals surface area (Å²) in [6.07, 6.45) is 5.64. The minimum atomic E-state index is 0. The molecular weight excluding hydrogens is 431 g/mol. The van der Waals surface area contributed by atoms with Crippen LogP contribution in [0.5, 0.6) is 0 Å². The molecule has 25 heavy (non-hydrogen) atoms. The Balaban J connectivity index is 0.00000312. The van der Waals surface area contributed by atoms with Crippen LogP contribution in [0.4, 0.5) is 0 Å². The molecule has 2 aliphatic carbocycles. The van der Waals surface area contributed by atoms with Crippen molar-refractivity contribution in [3.8, 4) is 0 Å². The van der Waals surface area contributed by atoms with Crippen molar-refractivity contribution >= 4 is 35.8 Å². The molecule has 2 atom stereocenters. The molecule has 0 saturated heterocycles. The Morgan fingerprint density at radius 1 is 1.16 bits per heavy atom. The van der Waals surface area contributed by atoms with Crippen LogP contribution in [0.1, 0.15) is 52.9 Å². The van der Waals surface area contributed by atoms with Gasteiger partial charge in [0.15, 0.2) is 5.96 Å². The van der Waals surface area contributed by atoms with Crippen LogP contribution in [0.2, 0.25) is 0 Å². The molecule has 0 bridgehead atoms. The monoisotopic (exact) mass is 466 g/mol. The van der Waals surface area contributed by atoms with Gasteiger partial charge in [-0.1, -0.05) is 13.8 Å². The van der Waals surface area contributed by atoms with E-state index in [9.17, 15) is 4.79 Å². The van der Waals surface area contributed by atoms with Crippen molar-refractivity contribution < 1.29 is 9.53 Å². The fourth-order valence-corrected chi connectivity index (χ4v) is 3.80. The van der Waals surface area contributed by atoms with E-state index in [1.807, 2.05) is 0 Å². The molecule has 2 fully saturated rings. The largest absolute Gasteiger partial charge is 0.378 e. The van der Waals surface area contributed by atoms with E-state index in [1.165, 1.54) is 0 Å². The Bertz CT molecular complexity index is 450. The summed E-state index contributed by atoms with van der Waals surface area (Å²) in [5.74, 6) is 1.26. The van der Waals surface area contributed by atoms with Crippen molar-refractivity contribution in [1.82, 2.24) is 16.0 Å². The molecule has 1 amide bonds. The van der Waals surface area contributed by atoms with E-state index in [1.54, 1.807) is 7.05 Å². The Labute approximate surface area is 169 Å². The van der Waals surface area contributed by atoms with Crippen LogP contribution in [0, 0.1) is 11.3 Å². The molecule has 2 rings (SSSR count). The highest BCUT2D eigenvalue weighted by molar-refractivity contribution is 14.0. The molecule has 7 heteroatoms. The first-order valence-electron chi connectivity index (χ1n) is 9.47. The molecule has 0 aromatic heterocycles. The molecule has 6 nitrogen and oxygen atoms in total. The number of rotatable bonds is 9. The van der Waals surface area contributed by atoms with E-state index in [0.29, 0.717) is 25.2 Å². The summed E-state index contributed by atoms with van der Waals surface area (Å²) in [5.41, 5.74) is 0.188. The van der Waals surface area contributed by atoms with Crippen LogP contribution in [-0.2, 0) is 9.53 Å². The molecule has 2 saturated carbocycles. The summed E-state index contributed by atoms with van der Waals surface area (Å²) >= 11 is 0. The third kappa shape index (κ3) is 5.45. The van der Waals surface area contributed by atoms with E-state index < -0.39 is 0 Å². The normalized spacial score (nSPS) is 24.7. The van der Waals surface area contributed by atoms with Gasteiger partial charge in [-0.05, 0) is 39.0 Å². The van der Waals surface area contributed by atoms with Gasteiger partial charge in [0, 0.05) is 44.1 Å². The molecule has 0 spiro atoms. The van der Waals surface area contributed by atoms with Crippen LogP contribution in [0.15, 0.2) is 4.99 Å². The smallest absolute Gasteiger partial charge is 0.223 e. The molecule has 0 aliphatic heterocycles. The van der Waals surface area contributed by atoms with Crippen molar-refractivity contribution in [2.45, 2.75) is 65.0 Å². The fourth-order valence-electron chi connectivity index (χ4n) is 3.80. The zero-order chi connectivity index (χ0) is 17.6. The van der Waals surface area contributed by atoms with Gasteiger partial charge in [0.2, 0.25) is 5.91 Å². The summed E-state index contributed by atoms with van der Waals surface area (Å²) in [6.45, 7) is 8.64. The second-order valence-corrected chi connectivity index (χ2v) is 6.88. The molecule has 2 aliphatic rings. The number of guanidine groups is 1. The van der Waals surface area contributed by atoms with Gasteiger partial charge in [-0.3, -0.25) is 9.79 Å². The third-order valence-electron chi connectivity index (χ3n) is 5.67. The number of hydrogen-bond donors (Lipinski definition) is 3. The van der Waals surface area contributed by atoms with E-state index >= 15 is 0 Å². The molecule has 0 aromatic rings. The van der Waals surface area contributed by atoms with E-state index in [-0.39, 0.29) is 41.2 Å². The fraction of sp³-hybridized carbons (Fsp3) is 0.889. The van der Waals surface area contributed by atoms with Crippen molar-refractivity contribution in [1.29, 1.82) is 0 Å². The first-order valence-corrected chi connectivity index (χ1v) is 9.47. The predicted octanol–water partition coefficient (Wildman–Crippen LogP) is 2.28. The average molecular weight is 466 g/mol. The minimum Gasteiger partial charge on any atom is -0.378 e. The Hall–Kier alpha value is -0.570. The lowest BCUT2D eigenvalue weighted by molar-refractivity contribution is -0.133. The maximum absolute atomic E-state index is 11.6. The second-order valence-electron chi connectivity index (χ2n) is 6.88. The Morgan fingerprint density at radius 3 is 2.32 bits per heavy atom. The molecule has 0 aromatic carbocycles. The number of ether oxygens (including phenoxy) is 1. The van der Waals surface area contributed by atoms with Crippen molar-refractivity contribution in [2.75, 3.05) is 26.7 Å². The van der Waals surface area contributed by atoms with Crippen LogP contribution in [0.3, 0.4) is 0 Å². The maximum Gasteiger partial charge on any atom is 0.223 e. The summed E-state index contributed by atoms with van der Waals surface area (Å²) in [6, 6.07) is 0.385. The number of nitrogens with one attached hydrogen (secondary N) is 3. The van der Waals surface area contributed by atoms with E-state index in [2.05, 4.69) is 41.7 Å². The van der Waals surface area contributed by atoms with Crippen LogP contribution in [0.25, 0.3) is 0 Å². The predicted molar refractivity (Wildman–Crippen MR) is 112 cm³/mol. The molecule has 3 N–H and O–H groups in total. The average Bonchev–Trinajstić information content (AvgIpc) is 3.42. The highest BCUT2D eigenvalue weighted by Gasteiger charge is 2.53. The standard InChI is InChI=1S/C18H34N4O2.HI/c1-5-18(6-2)14(12-15(18)24-7-3)22-17(19-4)21-11-10-20-16(23)13-8-9-13;/h13-15H,5-12H2,1-4H3,(H,20,23)(H2,19,21,22);1H. The number of hydrogen-bond acceptors (Lipinski definition) is 3. The lowest BCUT2D eigenvalue weighted by Gasteiger charge is -2.55. The molecule has 0 radical (unpaired) electrons.